The van der Waals surface area contributed by atoms with Crippen LogP contribution in [0.4, 0.5) is 0 Å². The lowest BCUT2D eigenvalue weighted by atomic mass is 9.90. The van der Waals surface area contributed by atoms with Gasteiger partial charge in [-0.15, -0.1) is 0 Å². The van der Waals surface area contributed by atoms with Crippen molar-refractivity contribution >= 4 is 40.0 Å². The van der Waals surface area contributed by atoms with E-state index in [4.69, 9.17) is 18.9 Å². The first-order chi connectivity index (χ1) is 15.6. The zero-order chi connectivity index (χ0) is 26.4. The Morgan fingerprint density at radius 1 is 0.529 bits per heavy atom. The van der Waals surface area contributed by atoms with Crippen LogP contribution in [0, 0.1) is 0 Å². The largest absolute Gasteiger partial charge is 0.469 e. The van der Waals surface area contributed by atoms with Crippen molar-refractivity contribution in [2.45, 2.75) is 62.2 Å². The maximum absolute atomic E-state index is 12.8. The quantitative estimate of drug-likeness (QED) is 0.265. The number of hydrogen-bond donors (Lipinski definition) is 0. The highest BCUT2D eigenvalue weighted by Crippen LogP contribution is 2.42. The molecule has 4 unspecified atom stereocenters. The van der Waals surface area contributed by atoms with Crippen LogP contribution in [0.3, 0.4) is 0 Å². The van der Waals surface area contributed by atoms with Crippen molar-refractivity contribution < 1.29 is 38.1 Å². The molecule has 0 heterocycles. The Hall–Kier alpha value is -2.47. The highest BCUT2D eigenvalue weighted by Gasteiger charge is 2.47. The highest BCUT2D eigenvalue weighted by molar-refractivity contribution is 6.81. The van der Waals surface area contributed by atoms with Crippen LogP contribution in [0.1, 0.15) is 23.0 Å². The molecule has 34 heavy (non-hydrogen) atoms. The average Bonchev–Trinajstić information content (AvgIpc) is 2.77. The van der Waals surface area contributed by atoms with E-state index < -0.39 is 62.9 Å². The van der Waals surface area contributed by atoms with Gasteiger partial charge in [0, 0.05) is 0 Å². The van der Waals surface area contributed by atoms with E-state index in [1.54, 1.807) is 24.3 Å². The SMILES string of the molecule is COC(=O)C(c1ccc(C(C(=O)OC)C(C(=O)OC)[Si](C)(C)C)cc1)C(C(=O)OC)[Si](C)(C)C. The number of esters is 4. The summed E-state index contributed by atoms with van der Waals surface area (Å²) in [6.07, 6.45) is 0. The third kappa shape index (κ3) is 6.78. The Kier molecular flexibility index (Phi) is 10.2. The average molecular weight is 511 g/mol. The monoisotopic (exact) mass is 510 g/mol. The minimum absolute atomic E-state index is 0.462. The molecule has 0 aliphatic carbocycles. The van der Waals surface area contributed by atoms with Crippen LogP contribution >= 0.6 is 0 Å². The smallest absolute Gasteiger partial charge is 0.313 e. The van der Waals surface area contributed by atoms with Gasteiger partial charge in [0.25, 0.3) is 0 Å². The molecule has 0 saturated carbocycles. The van der Waals surface area contributed by atoms with Crippen LogP contribution in [-0.2, 0) is 38.1 Å². The number of carbonyl (C=O) groups excluding carboxylic acids is 4. The van der Waals surface area contributed by atoms with Gasteiger partial charge in [-0.25, -0.2) is 0 Å². The molecule has 0 spiro atoms. The van der Waals surface area contributed by atoms with E-state index in [9.17, 15) is 19.2 Å². The molecule has 0 radical (unpaired) electrons. The summed E-state index contributed by atoms with van der Waals surface area (Å²) in [6, 6.07) is 6.78. The molecular weight excluding hydrogens is 472 g/mol. The predicted molar refractivity (Wildman–Crippen MR) is 134 cm³/mol. The fraction of sp³-hybridized carbons (Fsp3) is 0.583. The molecule has 4 atom stereocenters. The third-order valence-electron chi connectivity index (χ3n) is 6.01. The predicted octanol–water partition coefficient (Wildman–Crippen LogP) is 3.96. The van der Waals surface area contributed by atoms with Crippen molar-refractivity contribution in [2.75, 3.05) is 28.4 Å². The van der Waals surface area contributed by atoms with Gasteiger partial charge in [0.05, 0.1) is 67.5 Å². The molecule has 8 nitrogen and oxygen atoms in total. The van der Waals surface area contributed by atoms with Crippen molar-refractivity contribution in [3.63, 3.8) is 0 Å². The molecule has 1 rings (SSSR count). The Balaban J connectivity index is 3.65. The molecule has 0 amide bonds. The van der Waals surface area contributed by atoms with Gasteiger partial charge >= 0.3 is 23.9 Å². The van der Waals surface area contributed by atoms with Crippen LogP contribution in [0.5, 0.6) is 0 Å². The van der Waals surface area contributed by atoms with Crippen molar-refractivity contribution in [3.8, 4) is 0 Å². The summed E-state index contributed by atoms with van der Waals surface area (Å²) < 4.78 is 20.2. The van der Waals surface area contributed by atoms with Gasteiger partial charge in [0.1, 0.15) is 0 Å². The number of carbonyl (C=O) groups is 4. The van der Waals surface area contributed by atoms with Crippen LogP contribution in [0.25, 0.3) is 0 Å². The van der Waals surface area contributed by atoms with Crippen LogP contribution in [0.15, 0.2) is 24.3 Å². The second-order valence-corrected chi connectivity index (χ2v) is 21.1. The summed E-state index contributed by atoms with van der Waals surface area (Å²) in [4.78, 5) is 51.1. The third-order valence-corrected chi connectivity index (χ3v) is 10.9. The van der Waals surface area contributed by atoms with E-state index >= 15 is 0 Å². The number of methoxy groups -OCH3 is 4. The first kappa shape index (κ1) is 29.6. The Morgan fingerprint density at radius 2 is 0.765 bits per heavy atom. The lowest BCUT2D eigenvalue weighted by molar-refractivity contribution is -0.149. The fourth-order valence-corrected chi connectivity index (χ4v) is 8.63. The number of hydrogen-bond acceptors (Lipinski definition) is 8. The van der Waals surface area contributed by atoms with Gasteiger partial charge in [-0.1, -0.05) is 63.5 Å². The van der Waals surface area contributed by atoms with Gasteiger partial charge in [-0.05, 0) is 11.1 Å². The van der Waals surface area contributed by atoms with Crippen LogP contribution in [-0.4, -0.2) is 68.5 Å². The second kappa shape index (κ2) is 11.8. The molecule has 190 valence electrons. The molecule has 10 heteroatoms. The summed E-state index contributed by atoms with van der Waals surface area (Å²) >= 11 is 0. The summed E-state index contributed by atoms with van der Waals surface area (Å²) in [5, 5.41) is 0. The summed E-state index contributed by atoms with van der Waals surface area (Å²) in [6.45, 7) is 11.9. The molecular formula is C24H38O8Si2. The molecule has 0 aliphatic rings. The summed E-state index contributed by atoms with van der Waals surface area (Å²) in [5.74, 6) is -3.72. The molecule has 0 saturated heterocycles. The molecule has 1 aromatic carbocycles. The first-order valence-electron chi connectivity index (χ1n) is 11.1. The lowest BCUT2D eigenvalue weighted by Gasteiger charge is -2.33. The minimum atomic E-state index is -2.22. The van der Waals surface area contributed by atoms with Crippen molar-refractivity contribution in [3.05, 3.63) is 35.4 Å². The highest BCUT2D eigenvalue weighted by atomic mass is 28.3. The lowest BCUT2D eigenvalue weighted by Crippen LogP contribution is -2.41. The maximum atomic E-state index is 12.8. The molecule has 0 N–H and O–H groups in total. The first-order valence-corrected chi connectivity index (χ1v) is 18.2. The Labute approximate surface area is 204 Å². The molecule has 1 aromatic rings. The van der Waals surface area contributed by atoms with Gasteiger partial charge < -0.3 is 18.9 Å². The van der Waals surface area contributed by atoms with Crippen molar-refractivity contribution in [1.29, 1.82) is 0 Å². The zero-order valence-corrected chi connectivity index (χ0v) is 23.9. The standard InChI is InChI=1S/C24H38O8Si2/c1-29-21(25)17(19(23(27)31-3)33(5,6)7)15-11-13-16(14-12-15)18(22(26)30-2)20(24(28)32-4)34(8,9)10/h11-14,17-20H,1-10H3. The maximum Gasteiger partial charge on any atom is 0.313 e. The van der Waals surface area contributed by atoms with Gasteiger partial charge in [-0.3, -0.25) is 19.2 Å². The van der Waals surface area contributed by atoms with Gasteiger partial charge in [0.2, 0.25) is 0 Å². The molecule has 0 aliphatic heterocycles. The Bertz CT molecular complexity index is 811. The van der Waals surface area contributed by atoms with Gasteiger partial charge in [0.15, 0.2) is 0 Å². The summed E-state index contributed by atoms with van der Waals surface area (Å²) in [5.41, 5.74) is -0.201. The number of rotatable bonds is 10. The molecule has 0 aromatic heterocycles. The summed E-state index contributed by atoms with van der Waals surface area (Å²) in [7, 11) is 0.725. The normalized spacial score (nSPS) is 15.4. The fourth-order valence-electron chi connectivity index (χ4n) is 4.33. The van der Waals surface area contributed by atoms with Gasteiger partial charge in [-0.2, -0.15) is 0 Å². The van der Waals surface area contributed by atoms with E-state index in [-0.39, 0.29) is 0 Å². The van der Waals surface area contributed by atoms with E-state index in [1.165, 1.54) is 28.4 Å². The van der Waals surface area contributed by atoms with Crippen LogP contribution < -0.4 is 0 Å². The van der Waals surface area contributed by atoms with E-state index in [0.717, 1.165) is 0 Å². The van der Waals surface area contributed by atoms with Crippen molar-refractivity contribution in [1.82, 2.24) is 0 Å². The topological polar surface area (TPSA) is 105 Å². The van der Waals surface area contributed by atoms with E-state index in [1.807, 2.05) is 39.3 Å². The number of ether oxygens (including phenoxy) is 4. The van der Waals surface area contributed by atoms with Crippen molar-refractivity contribution in [2.24, 2.45) is 0 Å². The Morgan fingerprint density at radius 3 is 0.941 bits per heavy atom. The molecule has 0 fully saturated rings. The minimum Gasteiger partial charge on any atom is -0.469 e. The second-order valence-electron chi connectivity index (χ2n) is 10.4. The van der Waals surface area contributed by atoms with E-state index in [0.29, 0.717) is 11.1 Å². The van der Waals surface area contributed by atoms with E-state index in [2.05, 4.69) is 0 Å². The zero-order valence-electron chi connectivity index (χ0n) is 21.9. The number of benzene rings is 1. The molecule has 0 bridgehead atoms. The van der Waals surface area contributed by atoms with Crippen LogP contribution in [0.2, 0.25) is 50.4 Å².